The highest BCUT2D eigenvalue weighted by atomic mass is 16.5. The van der Waals surface area contributed by atoms with Crippen LogP contribution in [0, 0.1) is 0 Å². The number of carbonyl (C=O) groups excluding carboxylic acids is 2. The van der Waals surface area contributed by atoms with E-state index in [0.717, 1.165) is 0 Å². The Bertz CT molecular complexity index is 264. The number of aliphatic carboxylic acids is 1. The van der Waals surface area contributed by atoms with Crippen LogP contribution >= 0.6 is 0 Å². The summed E-state index contributed by atoms with van der Waals surface area (Å²) in [5, 5.41) is 8.39. The smallest absolute Gasteiger partial charge is 0.307 e. The lowest BCUT2D eigenvalue weighted by atomic mass is 10.2. The summed E-state index contributed by atoms with van der Waals surface area (Å²) in [5.74, 6) is -1.65. The van der Waals surface area contributed by atoms with Gasteiger partial charge in [-0.2, -0.15) is 0 Å². The number of carbonyl (C=O) groups is 3. The van der Waals surface area contributed by atoms with Crippen LogP contribution < -0.4 is 0 Å². The molecule has 0 aliphatic rings. The largest absolute Gasteiger partial charge is 0.481 e. The standard InChI is InChI=1S/C10H17NO5/c1-3-16-10(15)6-7-11(2)8(12)4-5-9(13)14/h3-7H2,1-2H3,(H,13,14). The maximum atomic E-state index is 11.3. The van der Waals surface area contributed by atoms with Crippen LogP contribution in [0.5, 0.6) is 0 Å². The molecule has 0 unspecified atom stereocenters. The first kappa shape index (κ1) is 14.4. The van der Waals surface area contributed by atoms with Crippen molar-refractivity contribution in [2.24, 2.45) is 0 Å². The van der Waals surface area contributed by atoms with Gasteiger partial charge in [0.1, 0.15) is 0 Å². The Morgan fingerprint density at radius 1 is 1.19 bits per heavy atom. The van der Waals surface area contributed by atoms with Gasteiger partial charge in [-0.25, -0.2) is 0 Å². The van der Waals surface area contributed by atoms with Gasteiger partial charge in [0.05, 0.1) is 19.4 Å². The lowest BCUT2D eigenvalue weighted by Gasteiger charge is -2.15. The Hall–Kier alpha value is -1.59. The third-order valence-electron chi connectivity index (χ3n) is 1.94. The van der Waals surface area contributed by atoms with Gasteiger partial charge in [-0.1, -0.05) is 0 Å². The molecule has 0 atom stereocenters. The second-order valence-corrected chi connectivity index (χ2v) is 3.26. The summed E-state index contributed by atoms with van der Waals surface area (Å²) in [6.45, 7) is 2.27. The first-order valence-electron chi connectivity index (χ1n) is 5.08. The average Bonchev–Trinajstić information content (AvgIpc) is 2.22. The minimum atomic E-state index is -1.01. The molecule has 0 aliphatic carbocycles. The van der Waals surface area contributed by atoms with Crippen molar-refractivity contribution in [3.05, 3.63) is 0 Å². The van der Waals surface area contributed by atoms with E-state index in [-0.39, 0.29) is 37.7 Å². The van der Waals surface area contributed by atoms with Crippen molar-refractivity contribution in [3.8, 4) is 0 Å². The van der Waals surface area contributed by atoms with Crippen LogP contribution in [0.3, 0.4) is 0 Å². The molecule has 1 N–H and O–H groups in total. The highest BCUT2D eigenvalue weighted by Gasteiger charge is 2.12. The molecule has 0 saturated heterocycles. The average molecular weight is 231 g/mol. The highest BCUT2D eigenvalue weighted by Crippen LogP contribution is 1.98. The van der Waals surface area contributed by atoms with E-state index in [2.05, 4.69) is 0 Å². The molecule has 0 aromatic carbocycles. The number of carboxylic acid groups (broad SMARTS) is 1. The summed E-state index contributed by atoms with van der Waals surface area (Å²) in [7, 11) is 1.53. The molecule has 0 aromatic rings. The van der Waals surface area contributed by atoms with E-state index in [4.69, 9.17) is 9.84 Å². The van der Waals surface area contributed by atoms with Crippen molar-refractivity contribution in [1.82, 2.24) is 4.90 Å². The monoisotopic (exact) mass is 231 g/mol. The summed E-state index contributed by atoms with van der Waals surface area (Å²) in [6.07, 6.45) is -0.111. The number of ether oxygens (including phenoxy) is 1. The SMILES string of the molecule is CCOC(=O)CCN(C)C(=O)CCC(=O)O. The number of esters is 1. The Morgan fingerprint density at radius 3 is 2.31 bits per heavy atom. The molecular formula is C10H17NO5. The molecule has 16 heavy (non-hydrogen) atoms. The molecule has 0 fully saturated rings. The van der Waals surface area contributed by atoms with Gasteiger partial charge >= 0.3 is 11.9 Å². The molecule has 6 heteroatoms. The molecule has 0 rings (SSSR count). The summed E-state index contributed by atoms with van der Waals surface area (Å²) < 4.78 is 4.70. The van der Waals surface area contributed by atoms with Gasteiger partial charge < -0.3 is 14.7 Å². The van der Waals surface area contributed by atoms with Crippen LogP contribution in [0.25, 0.3) is 0 Å². The van der Waals surface area contributed by atoms with E-state index < -0.39 is 5.97 Å². The molecule has 6 nitrogen and oxygen atoms in total. The van der Waals surface area contributed by atoms with E-state index in [9.17, 15) is 14.4 Å². The normalized spacial score (nSPS) is 9.62. The van der Waals surface area contributed by atoms with Gasteiger partial charge in [-0.05, 0) is 6.92 Å². The Morgan fingerprint density at radius 2 is 1.81 bits per heavy atom. The van der Waals surface area contributed by atoms with E-state index in [1.807, 2.05) is 0 Å². The van der Waals surface area contributed by atoms with E-state index in [1.165, 1.54) is 11.9 Å². The van der Waals surface area contributed by atoms with Crippen LogP contribution in [0.4, 0.5) is 0 Å². The molecule has 0 aliphatic heterocycles. The van der Waals surface area contributed by atoms with Gasteiger partial charge in [0.25, 0.3) is 0 Å². The first-order chi connectivity index (χ1) is 7.47. The summed E-state index contributed by atoms with van der Waals surface area (Å²) in [5.41, 5.74) is 0. The number of carboxylic acids is 1. The number of amides is 1. The molecule has 0 radical (unpaired) electrons. The van der Waals surface area contributed by atoms with Crippen molar-refractivity contribution < 1.29 is 24.2 Å². The third-order valence-corrected chi connectivity index (χ3v) is 1.94. The summed E-state index contributed by atoms with van der Waals surface area (Å²) >= 11 is 0. The maximum absolute atomic E-state index is 11.3. The van der Waals surface area contributed by atoms with Gasteiger partial charge in [0.15, 0.2) is 0 Å². The molecular weight excluding hydrogens is 214 g/mol. The predicted molar refractivity (Wildman–Crippen MR) is 55.8 cm³/mol. The fourth-order valence-corrected chi connectivity index (χ4v) is 1.02. The lowest BCUT2D eigenvalue weighted by molar-refractivity contribution is -0.144. The van der Waals surface area contributed by atoms with Gasteiger partial charge in [0, 0.05) is 20.0 Å². The minimum absolute atomic E-state index is 0.0470. The minimum Gasteiger partial charge on any atom is -0.481 e. The molecule has 0 saturated carbocycles. The quantitative estimate of drug-likeness (QED) is 0.635. The van der Waals surface area contributed by atoms with Crippen LogP contribution in [0.1, 0.15) is 26.2 Å². The predicted octanol–water partition coefficient (Wildman–Crippen LogP) is 0.263. The molecule has 0 heterocycles. The van der Waals surface area contributed by atoms with Crippen molar-refractivity contribution in [3.63, 3.8) is 0 Å². The third kappa shape index (κ3) is 6.80. The second-order valence-electron chi connectivity index (χ2n) is 3.26. The van der Waals surface area contributed by atoms with Crippen LogP contribution in [-0.2, 0) is 19.1 Å². The van der Waals surface area contributed by atoms with Crippen molar-refractivity contribution in [1.29, 1.82) is 0 Å². The lowest BCUT2D eigenvalue weighted by Crippen LogP contribution is -2.29. The Balaban J connectivity index is 3.78. The zero-order chi connectivity index (χ0) is 12.6. The topological polar surface area (TPSA) is 83.9 Å². The van der Waals surface area contributed by atoms with Crippen LogP contribution in [0.2, 0.25) is 0 Å². The first-order valence-corrected chi connectivity index (χ1v) is 5.08. The van der Waals surface area contributed by atoms with Gasteiger partial charge in [0.2, 0.25) is 5.91 Å². The van der Waals surface area contributed by atoms with Crippen LogP contribution in [0.15, 0.2) is 0 Å². The van der Waals surface area contributed by atoms with Crippen molar-refractivity contribution >= 4 is 17.8 Å². The fourth-order valence-electron chi connectivity index (χ4n) is 1.02. The molecule has 1 amide bonds. The maximum Gasteiger partial charge on any atom is 0.307 e. The number of hydrogen-bond donors (Lipinski definition) is 1. The van der Waals surface area contributed by atoms with Crippen molar-refractivity contribution in [2.75, 3.05) is 20.2 Å². The van der Waals surface area contributed by atoms with Gasteiger partial charge in [-0.3, -0.25) is 14.4 Å². The second kappa shape index (κ2) is 7.67. The fraction of sp³-hybridized carbons (Fsp3) is 0.700. The molecule has 92 valence electrons. The highest BCUT2D eigenvalue weighted by molar-refractivity contribution is 5.81. The molecule has 0 spiro atoms. The van der Waals surface area contributed by atoms with Crippen LogP contribution in [-0.4, -0.2) is 48.1 Å². The van der Waals surface area contributed by atoms with E-state index in [1.54, 1.807) is 6.92 Å². The number of nitrogens with zero attached hydrogens (tertiary/aromatic N) is 1. The number of hydrogen-bond acceptors (Lipinski definition) is 4. The summed E-state index contributed by atoms with van der Waals surface area (Å²) in [4.78, 5) is 33.9. The zero-order valence-corrected chi connectivity index (χ0v) is 9.56. The molecule has 0 aromatic heterocycles. The van der Waals surface area contributed by atoms with Gasteiger partial charge in [-0.15, -0.1) is 0 Å². The summed E-state index contributed by atoms with van der Waals surface area (Å²) in [6, 6.07) is 0. The number of rotatable bonds is 7. The van der Waals surface area contributed by atoms with Crippen molar-refractivity contribution in [2.45, 2.75) is 26.2 Å². The Labute approximate surface area is 94.2 Å². The molecule has 0 bridgehead atoms. The zero-order valence-electron chi connectivity index (χ0n) is 9.56. The van der Waals surface area contributed by atoms with E-state index in [0.29, 0.717) is 6.61 Å². The Kier molecular flexibility index (Phi) is 6.91. The van der Waals surface area contributed by atoms with E-state index >= 15 is 0 Å².